The van der Waals surface area contributed by atoms with Gasteiger partial charge < -0.3 is 9.84 Å². The Labute approximate surface area is 165 Å². The molecule has 4 rings (SSSR count). The van der Waals surface area contributed by atoms with Crippen molar-refractivity contribution in [2.45, 2.75) is 23.8 Å². The monoisotopic (exact) mass is 419 g/mol. The molecule has 0 radical (unpaired) electrons. The molecular weight excluding hydrogens is 402 g/mol. The van der Waals surface area contributed by atoms with Crippen molar-refractivity contribution in [1.29, 1.82) is 0 Å². The van der Waals surface area contributed by atoms with Crippen molar-refractivity contribution in [3.63, 3.8) is 0 Å². The predicted octanol–water partition coefficient (Wildman–Crippen LogP) is 2.08. The summed E-state index contributed by atoms with van der Waals surface area (Å²) in [5.74, 6) is 0.238. The first-order valence-corrected chi connectivity index (χ1v) is 10.9. The molecule has 1 saturated heterocycles. The van der Waals surface area contributed by atoms with Gasteiger partial charge >= 0.3 is 0 Å². The number of carbonyl (C=O) groups is 1. The molecular formula is C17H17N5O4S2. The van der Waals surface area contributed by atoms with Crippen molar-refractivity contribution in [2.75, 3.05) is 13.6 Å². The van der Waals surface area contributed by atoms with Crippen LogP contribution in [-0.4, -0.2) is 47.3 Å². The Morgan fingerprint density at radius 2 is 2.25 bits per heavy atom. The number of rotatable bonds is 5. The van der Waals surface area contributed by atoms with Crippen LogP contribution in [0.2, 0.25) is 0 Å². The lowest BCUT2D eigenvalue weighted by atomic mass is 10.2. The number of hydrogen-bond acceptors (Lipinski definition) is 8. The molecule has 0 aromatic carbocycles. The van der Waals surface area contributed by atoms with Gasteiger partial charge in [-0.25, -0.2) is 8.42 Å². The number of pyridine rings is 1. The third-order valence-electron chi connectivity index (χ3n) is 4.46. The summed E-state index contributed by atoms with van der Waals surface area (Å²) in [5, 5.41) is 7.90. The van der Waals surface area contributed by atoms with E-state index in [1.165, 1.54) is 22.8 Å². The second-order valence-corrected chi connectivity index (χ2v) is 8.97. The minimum absolute atomic E-state index is 0.0902. The smallest absolute Gasteiger partial charge is 0.261 e. The van der Waals surface area contributed by atoms with E-state index in [0.717, 1.165) is 11.3 Å². The molecule has 1 amide bonds. The highest BCUT2D eigenvalue weighted by atomic mass is 32.2. The van der Waals surface area contributed by atoms with Gasteiger partial charge in [-0.05, 0) is 31.0 Å². The fourth-order valence-electron chi connectivity index (χ4n) is 3.08. The number of sulfonamides is 1. The van der Waals surface area contributed by atoms with E-state index in [9.17, 15) is 13.2 Å². The van der Waals surface area contributed by atoms with E-state index < -0.39 is 16.1 Å². The largest absolute Gasteiger partial charge is 0.354 e. The fourth-order valence-corrected chi connectivity index (χ4v) is 5.93. The number of amides is 1. The van der Waals surface area contributed by atoms with Crippen molar-refractivity contribution < 1.29 is 17.7 Å². The first kappa shape index (κ1) is 18.7. The number of thiophene rings is 1. The van der Waals surface area contributed by atoms with Crippen molar-refractivity contribution in [2.24, 2.45) is 0 Å². The number of hydrogen-bond donors (Lipinski definition) is 1. The molecule has 11 heteroatoms. The Morgan fingerprint density at radius 1 is 1.39 bits per heavy atom. The van der Waals surface area contributed by atoms with Gasteiger partial charge in [-0.15, -0.1) is 11.3 Å². The van der Waals surface area contributed by atoms with Gasteiger partial charge in [0.1, 0.15) is 11.7 Å². The van der Waals surface area contributed by atoms with Crippen LogP contribution in [-0.2, 0) is 10.0 Å². The van der Waals surface area contributed by atoms with Gasteiger partial charge in [0, 0.05) is 25.2 Å². The normalized spacial score (nSPS) is 17.7. The van der Waals surface area contributed by atoms with Gasteiger partial charge in [0.2, 0.25) is 21.7 Å². The average Bonchev–Trinajstić information content (AvgIpc) is 3.47. The Kier molecular flexibility index (Phi) is 4.96. The summed E-state index contributed by atoms with van der Waals surface area (Å²) in [5.41, 5.74) is 0.554. The second-order valence-electron chi connectivity index (χ2n) is 6.17. The molecule has 1 N–H and O–H groups in total. The van der Waals surface area contributed by atoms with Crippen molar-refractivity contribution in [3.05, 3.63) is 46.6 Å². The summed E-state index contributed by atoms with van der Waals surface area (Å²) in [6.07, 6.45) is 2.88. The highest BCUT2D eigenvalue weighted by Gasteiger charge is 2.40. The lowest BCUT2D eigenvalue weighted by Gasteiger charge is -2.20. The van der Waals surface area contributed by atoms with Crippen LogP contribution < -0.4 is 5.32 Å². The minimum atomic E-state index is -3.79. The molecule has 3 aromatic heterocycles. The number of aromatic nitrogens is 3. The van der Waals surface area contributed by atoms with Crippen LogP contribution >= 0.6 is 11.3 Å². The van der Waals surface area contributed by atoms with Gasteiger partial charge in [-0.2, -0.15) is 9.29 Å². The van der Waals surface area contributed by atoms with Crippen LogP contribution in [0.4, 0.5) is 0 Å². The SMILES string of the molecule is CNC(=O)c1cc(S(=O)(=O)N2CCC[C@H]2c2nc(-c3ccccn3)no2)cs1. The highest BCUT2D eigenvalue weighted by Crippen LogP contribution is 2.37. The van der Waals surface area contributed by atoms with E-state index in [1.807, 2.05) is 6.07 Å². The van der Waals surface area contributed by atoms with Gasteiger partial charge in [-0.3, -0.25) is 9.78 Å². The molecule has 9 nitrogen and oxygen atoms in total. The topological polar surface area (TPSA) is 118 Å². The van der Waals surface area contributed by atoms with Crippen molar-refractivity contribution in [3.8, 4) is 11.5 Å². The molecule has 1 aliphatic rings. The van der Waals surface area contributed by atoms with Crippen LogP contribution in [0, 0.1) is 0 Å². The molecule has 0 bridgehead atoms. The van der Waals surface area contributed by atoms with Crippen LogP contribution in [0.25, 0.3) is 11.5 Å². The zero-order valence-corrected chi connectivity index (χ0v) is 16.5. The minimum Gasteiger partial charge on any atom is -0.354 e. The molecule has 0 unspecified atom stereocenters. The molecule has 1 aliphatic heterocycles. The Morgan fingerprint density at radius 3 is 3.00 bits per heavy atom. The molecule has 0 spiro atoms. The van der Waals surface area contributed by atoms with Crippen LogP contribution in [0.1, 0.15) is 34.4 Å². The summed E-state index contributed by atoms with van der Waals surface area (Å²) >= 11 is 1.09. The van der Waals surface area contributed by atoms with E-state index in [2.05, 4.69) is 20.4 Å². The van der Waals surface area contributed by atoms with Crippen LogP contribution in [0.3, 0.4) is 0 Å². The standard InChI is InChI=1S/C17H17N5O4S2/c1-18-16(23)14-9-11(10-27-14)28(24,25)22-8-4-6-13(22)17-20-15(21-26-17)12-5-2-3-7-19-12/h2-3,5,7,9-10,13H,4,6,8H2,1H3,(H,18,23)/t13-/m0/s1. The second kappa shape index (κ2) is 7.41. The van der Waals surface area contributed by atoms with Gasteiger partial charge in [0.05, 0.1) is 9.77 Å². The first-order valence-electron chi connectivity index (χ1n) is 8.58. The molecule has 0 aliphatic carbocycles. The maximum Gasteiger partial charge on any atom is 0.261 e. The van der Waals surface area contributed by atoms with Gasteiger partial charge in [0.15, 0.2) is 0 Å². The molecule has 146 valence electrons. The van der Waals surface area contributed by atoms with Crippen molar-refractivity contribution >= 4 is 27.3 Å². The summed E-state index contributed by atoms with van der Waals surface area (Å²) in [6, 6.07) is 6.19. The summed E-state index contributed by atoms with van der Waals surface area (Å²) in [6.45, 7) is 0.347. The predicted molar refractivity (Wildman–Crippen MR) is 101 cm³/mol. The maximum absolute atomic E-state index is 13.1. The van der Waals surface area contributed by atoms with Crippen molar-refractivity contribution in [1.82, 2.24) is 24.7 Å². The van der Waals surface area contributed by atoms with E-state index in [1.54, 1.807) is 18.3 Å². The lowest BCUT2D eigenvalue weighted by molar-refractivity contribution is 0.0967. The summed E-state index contributed by atoms with van der Waals surface area (Å²) in [7, 11) is -2.29. The van der Waals surface area contributed by atoms with E-state index in [0.29, 0.717) is 35.8 Å². The molecule has 1 atom stereocenters. The third kappa shape index (κ3) is 3.32. The highest BCUT2D eigenvalue weighted by molar-refractivity contribution is 7.89. The fraction of sp³-hybridized carbons (Fsp3) is 0.294. The lowest BCUT2D eigenvalue weighted by Crippen LogP contribution is -2.30. The van der Waals surface area contributed by atoms with Gasteiger partial charge in [0.25, 0.3) is 5.91 Å². The quantitative estimate of drug-likeness (QED) is 0.672. The van der Waals surface area contributed by atoms with E-state index in [-0.39, 0.29) is 16.7 Å². The molecule has 1 fully saturated rings. The zero-order chi connectivity index (χ0) is 19.7. The molecule has 28 heavy (non-hydrogen) atoms. The number of nitrogens with zero attached hydrogens (tertiary/aromatic N) is 4. The van der Waals surface area contributed by atoms with E-state index >= 15 is 0 Å². The number of nitrogens with one attached hydrogen (secondary N) is 1. The first-order chi connectivity index (χ1) is 13.5. The number of carbonyl (C=O) groups excluding carboxylic acids is 1. The third-order valence-corrected chi connectivity index (χ3v) is 7.42. The van der Waals surface area contributed by atoms with Crippen LogP contribution in [0.5, 0.6) is 0 Å². The Balaban J connectivity index is 1.62. The molecule has 4 heterocycles. The molecule has 3 aromatic rings. The Bertz CT molecular complexity index is 1090. The summed E-state index contributed by atoms with van der Waals surface area (Å²) in [4.78, 5) is 20.7. The Hall–Kier alpha value is -2.63. The van der Waals surface area contributed by atoms with Crippen LogP contribution in [0.15, 0.2) is 45.3 Å². The van der Waals surface area contributed by atoms with Gasteiger partial charge in [-0.1, -0.05) is 11.2 Å². The van der Waals surface area contributed by atoms with E-state index in [4.69, 9.17) is 4.52 Å². The average molecular weight is 419 g/mol. The molecule has 0 saturated carbocycles. The zero-order valence-electron chi connectivity index (χ0n) is 14.9. The summed E-state index contributed by atoms with van der Waals surface area (Å²) < 4.78 is 33.0. The maximum atomic E-state index is 13.1.